The van der Waals surface area contributed by atoms with E-state index in [1.165, 1.54) is 12.8 Å². The number of fused-ring (bicyclic) bond motifs is 1. The van der Waals surface area contributed by atoms with E-state index in [-0.39, 0.29) is 0 Å². The van der Waals surface area contributed by atoms with Crippen LogP contribution < -0.4 is 5.32 Å². The van der Waals surface area contributed by atoms with Gasteiger partial charge in [-0.05, 0) is 49.1 Å². The average Bonchev–Trinajstić information content (AvgIpc) is 3.34. The SMILES string of the molecule is O=C(O)c1c(NC2CC2)ncc2c1CCN(CC1CC1)C2. The Morgan fingerprint density at radius 2 is 2.19 bits per heavy atom. The second-order valence-electron chi connectivity index (χ2n) is 6.64. The van der Waals surface area contributed by atoms with E-state index in [4.69, 9.17) is 0 Å². The van der Waals surface area contributed by atoms with Gasteiger partial charge in [0.15, 0.2) is 0 Å². The zero-order valence-corrected chi connectivity index (χ0v) is 12.1. The van der Waals surface area contributed by atoms with Crippen LogP contribution in [0.25, 0.3) is 0 Å². The molecular formula is C16H21N3O2. The number of hydrogen-bond donors (Lipinski definition) is 2. The Kier molecular flexibility index (Phi) is 3.10. The molecule has 112 valence electrons. The van der Waals surface area contributed by atoms with Crippen molar-refractivity contribution in [3.05, 3.63) is 22.9 Å². The van der Waals surface area contributed by atoms with Crippen LogP contribution in [0.4, 0.5) is 5.82 Å². The van der Waals surface area contributed by atoms with Gasteiger partial charge in [0.05, 0.1) is 0 Å². The Morgan fingerprint density at radius 1 is 1.38 bits per heavy atom. The van der Waals surface area contributed by atoms with Crippen LogP contribution >= 0.6 is 0 Å². The van der Waals surface area contributed by atoms with Crippen molar-refractivity contribution < 1.29 is 9.90 Å². The maximum absolute atomic E-state index is 11.7. The standard InChI is InChI=1S/C16H21N3O2/c20-16(21)14-13-5-6-19(8-10-1-2-10)9-11(13)7-17-15(14)18-12-3-4-12/h7,10,12H,1-6,8-9H2,(H,17,18)(H,20,21). The van der Waals surface area contributed by atoms with Gasteiger partial charge in [-0.2, -0.15) is 0 Å². The van der Waals surface area contributed by atoms with Crippen LogP contribution in [0.2, 0.25) is 0 Å². The number of carbonyl (C=O) groups is 1. The highest BCUT2D eigenvalue weighted by atomic mass is 16.4. The Balaban J connectivity index is 1.61. The molecule has 3 aliphatic rings. The van der Waals surface area contributed by atoms with E-state index in [2.05, 4.69) is 15.2 Å². The molecule has 0 radical (unpaired) electrons. The first-order valence-corrected chi connectivity index (χ1v) is 7.93. The molecular weight excluding hydrogens is 266 g/mol. The number of carboxylic acids is 1. The van der Waals surface area contributed by atoms with Crippen LogP contribution in [0.15, 0.2) is 6.20 Å². The molecule has 5 heteroatoms. The number of nitrogens with zero attached hydrogens (tertiary/aromatic N) is 2. The predicted molar refractivity (Wildman–Crippen MR) is 79.5 cm³/mol. The van der Waals surface area contributed by atoms with Gasteiger partial charge in [0, 0.05) is 31.9 Å². The monoisotopic (exact) mass is 287 g/mol. The molecule has 2 saturated carbocycles. The topological polar surface area (TPSA) is 65.5 Å². The maximum Gasteiger partial charge on any atom is 0.339 e. The number of hydrogen-bond acceptors (Lipinski definition) is 4. The first kappa shape index (κ1) is 13.1. The number of carboxylic acid groups (broad SMARTS) is 1. The van der Waals surface area contributed by atoms with Crippen molar-refractivity contribution in [2.75, 3.05) is 18.4 Å². The Labute approximate surface area is 124 Å². The van der Waals surface area contributed by atoms with Gasteiger partial charge < -0.3 is 10.4 Å². The van der Waals surface area contributed by atoms with E-state index in [0.717, 1.165) is 55.9 Å². The molecule has 2 fully saturated rings. The molecule has 0 amide bonds. The minimum Gasteiger partial charge on any atom is -0.478 e. The molecule has 0 atom stereocenters. The van der Waals surface area contributed by atoms with Crippen LogP contribution in [-0.2, 0) is 13.0 Å². The lowest BCUT2D eigenvalue weighted by Crippen LogP contribution is -2.33. The zero-order chi connectivity index (χ0) is 14.4. The number of aromatic nitrogens is 1. The van der Waals surface area contributed by atoms with Gasteiger partial charge in [-0.15, -0.1) is 0 Å². The fourth-order valence-electron chi connectivity index (χ4n) is 3.18. The summed E-state index contributed by atoms with van der Waals surface area (Å²) in [4.78, 5) is 18.5. The van der Waals surface area contributed by atoms with Gasteiger partial charge in [-0.25, -0.2) is 9.78 Å². The number of aromatic carboxylic acids is 1. The molecule has 1 aromatic rings. The summed E-state index contributed by atoms with van der Waals surface area (Å²) in [5.74, 6) is 0.590. The summed E-state index contributed by atoms with van der Waals surface area (Å²) < 4.78 is 0. The molecule has 2 N–H and O–H groups in total. The average molecular weight is 287 g/mol. The summed E-state index contributed by atoms with van der Waals surface area (Å²) in [7, 11) is 0. The van der Waals surface area contributed by atoms with Crippen molar-refractivity contribution in [3.63, 3.8) is 0 Å². The number of pyridine rings is 1. The highest BCUT2D eigenvalue weighted by Gasteiger charge is 2.30. The van der Waals surface area contributed by atoms with Gasteiger partial charge in [-0.1, -0.05) is 0 Å². The number of anilines is 1. The molecule has 4 rings (SSSR count). The minimum absolute atomic E-state index is 0.408. The van der Waals surface area contributed by atoms with E-state index in [1.807, 2.05) is 6.20 Å². The fraction of sp³-hybridized carbons (Fsp3) is 0.625. The quantitative estimate of drug-likeness (QED) is 0.868. The third kappa shape index (κ3) is 2.75. The predicted octanol–water partition coefficient (Wildman–Crippen LogP) is 2.12. The van der Waals surface area contributed by atoms with Gasteiger partial charge in [0.25, 0.3) is 0 Å². The lowest BCUT2D eigenvalue weighted by Gasteiger charge is -2.29. The van der Waals surface area contributed by atoms with Gasteiger partial charge in [-0.3, -0.25) is 4.90 Å². The fourth-order valence-corrected chi connectivity index (χ4v) is 3.18. The van der Waals surface area contributed by atoms with Crippen LogP contribution in [-0.4, -0.2) is 40.1 Å². The first-order chi connectivity index (χ1) is 10.2. The third-order valence-corrected chi connectivity index (χ3v) is 4.69. The van der Waals surface area contributed by atoms with Crippen molar-refractivity contribution in [2.45, 2.75) is 44.7 Å². The Bertz CT molecular complexity index is 579. The van der Waals surface area contributed by atoms with Crippen molar-refractivity contribution >= 4 is 11.8 Å². The summed E-state index contributed by atoms with van der Waals surface area (Å²) >= 11 is 0. The molecule has 0 spiro atoms. The molecule has 21 heavy (non-hydrogen) atoms. The van der Waals surface area contributed by atoms with Gasteiger partial charge in [0.1, 0.15) is 11.4 Å². The number of nitrogens with one attached hydrogen (secondary N) is 1. The number of rotatable bonds is 5. The van der Waals surface area contributed by atoms with Crippen molar-refractivity contribution in [3.8, 4) is 0 Å². The first-order valence-electron chi connectivity index (χ1n) is 7.93. The smallest absolute Gasteiger partial charge is 0.339 e. The largest absolute Gasteiger partial charge is 0.478 e. The van der Waals surface area contributed by atoms with E-state index in [9.17, 15) is 9.90 Å². The summed E-state index contributed by atoms with van der Waals surface area (Å²) in [5.41, 5.74) is 2.50. The van der Waals surface area contributed by atoms with Gasteiger partial charge >= 0.3 is 5.97 Å². The molecule has 0 saturated heterocycles. The second kappa shape index (κ2) is 4.98. The molecule has 0 bridgehead atoms. The van der Waals surface area contributed by atoms with Crippen molar-refractivity contribution in [1.82, 2.24) is 9.88 Å². The maximum atomic E-state index is 11.7. The van der Waals surface area contributed by atoms with Crippen molar-refractivity contribution in [2.24, 2.45) is 5.92 Å². The summed E-state index contributed by atoms with van der Waals surface area (Å²) in [6, 6.07) is 0.420. The Morgan fingerprint density at radius 3 is 2.86 bits per heavy atom. The molecule has 1 aliphatic heterocycles. The molecule has 2 aliphatic carbocycles. The van der Waals surface area contributed by atoms with Crippen LogP contribution in [0.3, 0.4) is 0 Å². The summed E-state index contributed by atoms with van der Waals surface area (Å²) in [5, 5.41) is 12.8. The molecule has 0 aromatic carbocycles. The van der Waals surface area contributed by atoms with Crippen LogP contribution in [0.5, 0.6) is 0 Å². The highest BCUT2D eigenvalue weighted by molar-refractivity contribution is 5.95. The lowest BCUT2D eigenvalue weighted by molar-refractivity contribution is 0.0695. The molecule has 5 nitrogen and oxygen atoms in total. The molecule has 1 aromatic heterocycles. The lowest BCUT2D eigenvalue weighted by atomic mass is 9.96. The molecule has 0 unspecified atom stereocenters. The summed E-state index contributed by atoms with van der Waals surface area (Å²) in [6.45, 7) is 2.98. The van der Waals surface area contributed by atoms with Crippen LogP contribution in [0.1, 0.15) is 47.2 Å². The normalized spacial score (nSPS) is 21.9. The third-order valence-electron chi connectivity index (χ3n) is 4.69. The van der Waals surface area contributed by atoms with Crippen molar-refractivity contribution in [1.29, 1.82) is 0 Å². The molecule has 2 heterocycles. The minimum atomic E-state index is -0.849. The second-order valence-corrected chi connectivity index (χ2v) is 6.64. The van der Waals surface area contributed by atoms with Crippen LogP contribution in [0, 0.1) is 5.92 Å². The highest BCUT2D eigenvalue weighted by Crippen LogP contribution is 2.33. The van der Waals surface area contributed by atoms with E-state index < -0.39 is 5.97 Å². The Hall–Kier alpha value is -1.62. The van der Waals surface area contributed by atoms with Gasteiger partial charge in [0.2, 0.25) is 0 Å². The van der Waals surface area contributed by atoms with E-state index in [1.54, 1.807) is 0 Å². The summed E-state index contributed by atoms with van der Waals surface area (Å²) in [6.07, 6.45) is 7.65. The zero-order valence-electron chi connectivity index (χ0n) is 12.1. The van der Waals surface area contributed by atoms with E-state index >= 15 is 0 Å². The van der Waals surface area contributed by atoms with E-state index in [0.29, 0.717) is 17.4 Å².